The van der Waals surface area contributed by atoms with Gasteiger partial charge < -0.3 is 0 Å². The van der Waals surface area contributed by atoms with Crippen molar-refractivity contribution in [1.82, 2.24) is 10.9 Å². The molecule has 0 aromatic heterocycles. The molecule has 0 spiro atoms. The van der Waals surface area contributed by atoms with Crippen LogP contribution in [-0.4, -0.2) is 11.8 Å². The maximum absolute atomic E-state index is 12.8. The summed E-state index contributed by atoms with van der Waals surface area (Å²) in [6, 6.07) is 0. The third-order valence-electron chi connectivity index (χ3n) is 7.78. The fourth-order valence-corrected chi connectivity index (χ4v) is 7.10. The summed E-state index contributed by atoms with van der Waals surface area (Å²) in [6.07, 6.45) is 12.1. The monoisotopic (exact) mass is 316 g/mol. The molecule has 4 nitrogen and oxygen atoms in total. The van der Waals surface area contributed by atoms with Crippen molar-refractivity contribution in [2.24, 2.45) is 40.9 Å². The van der Waals surface area contributed by atoms with Gasteiger partial charge in [-0.05, 0) is 81.0 Å². The Hall–Kier alpha value is -1.06. The Morgan fingerprint density at radius 3 is 1.83 bits per heavy atom. The normalized spacial score (nSPS) is 49.4. The molecule has 126 valence electrons. The number of rotatable bonds is 2. The van der Waals surface area contributed by atoms with Gasteiger partial charge in [-0.2, -0.15) is 0 Å². The zero-order chi connectivity index (χ0) is 15.6. The van der Waals surface area contributed by atoms with Crippen LogP contribution < -0.4 is 10.9 Å². The van der Waals surface area contributed by atoms with Crippen LogP contribution in [0.5, 0.6) is 0 Å². The van der Waals surface area contributed by atoms with Crippen LogP contribution in [0.3, 0.4) is 0 Å². The van der Waals surface area contributed by atoms with Crippen molar-refractivity contribution in [3.63, 3.8) is 0 Å². The number of carbonyl (C=O) groups excluding carboxylic acids is 2. The second-order valence-corrected chi connectivity index (χ2v) is 9.28. The van der Waals surface area contributed by atoms with Crippen LogP contribution in [0.15, 0.2) is 0 Å². The SMILES string of the molecule is O=C(NNC(=O)C12CC3CC(CC(C3)C1)C2)C1[C@@H]2CCCC[C@@H]12. The van der Waals surface area contributed by atoms with Crippen LogP contribution in [-0.2, 0) is 9.59 Å². The van der Waals surface area contributed by atoms with Gasteiger partial charge in [-0.1, -0.05) is 12.8 Å². The maximum atomic E-state index is 12.8. The van der Waals surface area contributed by atoms with E-state index in [1.54, 1.807) is 0 Å². The molecule has 6 fully saturated rings. The zero-order valence-electron chi connectivity index (χ0n) is 13.9. The fraction of sp³-hybridized carbons (Fsp3) is 0.895. The summed E-state index contributed by atoms with van der Waals surface area (Å²) in [5.74, 6) is 3.82. The highest BCUT2D eigenvalue weighted by atomic mass is 16.2. The van der Waals surface area contributed by atoms with Crippen LogP contribution in [0, 0.1) is 40.9 Å². The van der Waals surface area contributed by atoms with Crippen LogP contribution in [0.2, 0.25) is 0 Å². The minimum Gasteiger partial charge on any atom is -0.273 e. The Labute approximate surface area is 138 Å². The van der Waals surface area contributed by atoms with E-state index in [9.17, 15) is 9.59 Å². The molecule has 2 amide bonds. The van der Waals surface area contributed by atoms with Gasteiger partial charge in [0.15, 0.2) is 0 Å². The fourth-order valence-electron chi connectivity index (χ4n) is 7.10. The number of fused-ring (bicyclic) bond motifs is 1. The Morgan fingerprint density at radius 1 is 0.783 bits per heavy atom. The summed E-state index contributed by atoms with van der Waals surface area (Å²) < 4.78 is 0. The van der Waals surface area contributed by atoms with E-state index in [4.69, 9.17) is 0 Å². The average molecular weight is 316 g/mol. The highest BCUT2D eigenvalue weighted by Crippen LogP contribution is 2.60. The summed E-state index contributed by atoms with van der Waals surface area (Å²) in [5, 5.41) is 0. The standard InChI is InChI=1S/C19H28N2O2/c22-17(16-14-3-1-2-4-15(14)16)20-21-18(23)19-8-11-5-12(9-19)7-13(6-11)10-19/h11-16H,1-10H2,(H,20,22)(H,21,23)/t11?,12?,13?,14-,15-,19?/m1/s1. The van der Waals surface area contributed by atoms with E-state index >= 15 is 0 Å². The molecule has 0 aromatic carbocycles. The number of nitrogens with one attached hydrogen (secondary N) is 2. The zero-order valence-corrected chi connectivity index (χ0v) is 13.9. The van der Waals surface area contributed by atoms with Crippen LogP contribution in [0.4, 0.5) is 0 Å². The molecule has 0 radical (unpaired) electrons. The number of amides is 2. The third-order valence-corrected chi connectivity index (χ3v) is 7.78. The van der Waals surface area contributed by atoms with Gasteiger partial charge in [-0.3, -0.25) is 20.4 Å². The Kier molecular flexibility index (Phi) is 3.09. The van der Waals surface area contributed by atoms with Gasteiger partial charge in [0.05, 0.1) is 5.41 Å². The van der Waals surface area contributed by atoms with Gasteiger partial charge in [0.1, 0.15) is 0 Å². The molecule has 2 atom stereocenters. The van der Waals surface area contributed by atoms with Gasteiger partial charge in [0.25, 0.3) is 0 Å². The van der Waals surface area contributed by atoms with Gasteiger partial charge in [0.2, 0.25) is 11.8 Å². The predicted molar refractivity (Wildman–Crippen MR) is 85.8 cm³/mol. The minimum atomic E-state index is -0.168. The van der Waals surface area contributed by atoms with Crippen molar-refractivity contribution in [3.05, 3.63) is 0 Å². The van der Waals surface area contributed by atoms with Gasteiger partial charge in [0, 0.05) is 5.92 Å². The van der Waals surface area contributed by atoms with Crippen molar-refractivity contribution in [3.8, 4) is 0 Å². The molecule has 0 saturated heterocycles. The Morgan fingerprint density at radius 2 is 1.30 bits per heavy atom. The van der Waals surface area contributed by atoms with E-state index < -0.39 is 0 Å². The second-order valence-electron chi connectivity index (χ2n) is 9.28. The molecule has 6 rings (SSSR count). The first-order valence-corrected chi connectivity index (χ1v) is 9.75. The molecule has 0 aromatic rings. The molecule has 6 aliphatic rings. The molecule has 0 aliphatic heterocycles. The quantitative estimate of drug-likeness (QED) is 0.770. The highest BCUT2D eigenvalue weighted by Gasteiger charge is 2.56. The predicted octanol–water partition coefficient (Wildman–Crippen LogP) is 2.79. The summed E-state index contributed by atoms with van der Waals surface area (Å²) >= 11 is 0. The lowest BCUT2D eigenvalue weighted by Gasteiger charge is -2.55. The molecule has 0 unspecified atom stereocenters. The third kappa shape index (κ3) is 2.24. The minimum absolute atomic E-state index is 0.0694. The average Bonchev–Trinajstić information content (AvgIpc) is 3.25. The lowest BCUT2D eigenvalue weighted by molar-refractivity contribution is -0.149. The molecule has 6 saturated carbocycles. The Balaban J connectivity index is 1.20. The summed E-state index contributed by atoms with van der Waals surface area (Å²) in [7, 11) is 0. The maximum Gasteiger partial charge on any atom is 0.244 e. The highest BCUT2D eigenvalue weighted by molar-refractivity contribution is 5.88. The first-order chi connectivity index (χ1) is 11.1. The van der Waals surface area contributed by atoms with E-state index in [0.29, 0.717) is 11.8 Å². The molecular weight excluding hydrogens is 288 g/mol. The number of hydrazine groups is 1. The van der Waals surface area contributed by atoms with Crippen molar-refractivity contribution in [2.75, 3.05) is 0 Å². The van der Waals surface area contributed by atoms with Crippen LogP contribution >= 0.6 is 0 Å². The first-order valence-electron chi connectivity index (χ1n) is 9.75. The van der Waals surface area contributed by atoms with Crippen molar-refractivity contribution >= 4 is 11.8 Å². The van der Waals surface area contributed by atoms with Crippen molar-refractivity contribution in [2.45, 2.75) is 64.2 Å². The van der Waals surface area contributed by atoms with Crippen LogP contribution in [0.25, 0.3) is 0 Å². The smallest absolute Gasteiger partial charge is 0.244 e. The second kappa shape index (κ2) is 4.97. The number of hydrogen-bond donors (Lipinski definition) is 2. The molecule has 4 heteroatoms. The lowest BCUT2D eigenvalue weighted by atomic mass is 9.49. The first kappa shape index (κ1) is 14.3. The largest absolute Gasteiger partial charge is 0.273 e. The summed E-state index contributed by atoms with van der Waals surface area (Å²) in [5.41, 5.74) is 5.45. The van der Waals surface area contributed by atoms with Gasteiger partial charge in [-0.15, -0.1) is 0 Å². The van der Waals surface area contributed by atoms with E-state index in [2.05, 4.69) is 10.9 Å². The molecule has 23 heavy (non-hydrogen) atoms. The molecule has 2 N–H and O–H groups in total. The van der Waals surface area contributed by atoms with Gasteiger partial charge >= 0.3 is 0 Å². The number of carbonyl (C=O) groups is 2. The molecular formula is C19H28N2O2. The van der Waals surface area contributed by atoms with Crippen molar-refractivity contribution in [1.29, 1.82) is 0 Å². The summed E-state index contributed by atoms with van der Waals surface area (Å²) in [4.78, 5) is 25.2. The summed E-state index contributed by atoms with van der Waals surface area (Å²) in [6.45, 7) is 0. The van der Waals surface area contributed by atoms with E-state index in [1.165, 1.54) is 44.9 Å². The molecule has 4 bridgehead atoms. The van der Waals surface area contributed by atoms with E-state index in [0.717, 1.165) is 37.0 Å². The molecule has 6 aliphatic carbocycles. The number of hydrogen-bond acceptors (Lipinski definition) is 2. The molecule has 0 heterocycles. The van der Waals surface area contributed by atoms with E-state index in [1.807, 2.05) is 0 Å². The topological polar surface area (TPSA) is 58.2 Å². The van der Waals surface area contributed by atoms with Gasteiger partial charge in [-0.25, -0.2) is 0 Å². The van der Waals surface area contributed by atoms with Crippen LogP contribution in [0.1, 0.15) is 64.2 Å². The van der Waals surface area contributed by atoms with Crippen molar-refractivity contribution < 1.29 is 9.59 Å². The Bertz CT molecular complexity index is 496. The lowest BCUT2D eigenvalue weighted by Crippen LogP contribution is -2.57. The van der Waals surface area contributed by atoms with E-state index in [-0.39, 0.29) is 23.1 Å².